The molecule has 0 N–H and O–H groups in total. The van der Waals surface area contributed by atoms with Gasteiger partial charge in [0, 0.05) is 5.57 Å². The summed E-state index contributed by atoms with van der Waals surface area (Å²) in [5.74, 6) is -0.341. The third-order valence-corrected chi connectivity index (χ3v) is 6.25. The van der Waals surface area contributed by atoms with Crippen molar-refractivity contribution in [1.82, 2.24) is 0 Å². The van der Waals surface area contributed by atoms with Crippen molar-refractivity contribution < 1.29 is 9.22 Å². The SMILES string of the molecule is C=CCC(=C)C(=O)O[Si](CC=C)(CC=C)CC=C. The molecule has 0 amide bonds. The van der Waals surface area contributed by atoms with Crippen LogP contribution in [-0.2, 0) is 9.22 Å². The highest BCUT2D eigenvalue weighted by Gasteiger charge is 2.35. The first-order chi connectivity index (χ1) is 8.55. The van der Waals surface area contributed by atoms with E-state index in [9.17, 15) is 4.79 Å². The summed E-state index contributed by atoms with van der Waals surface area (Å²) in [6, 6.07) is 2.08. The zero-order chi connectivity index (χ0) is 14.0. The Kier molecular flexibility index (Phi) is 7.71. The van der Waals surface area contributed by atoms with E-state index in [4.69, 9.17) is 4.43 Å². The molecule has 0 aliphatic rings. The van der Waals surface area contributed by atoms with Gasteiger partial charge in [-0.05, 0) is 24.6 Å². The van der Waals surface area contributed by atoms with Gasteiger partial charge in [0.1, 0.15) is 0 Å². The normalized spacial score (nSPS) is 10.2. The van der Waals surface area contributed by atoms with E-state index in [1.165, 1.54) is 0 Å². The van der Waals surface area contributed by atoms with Gasteiger partial charge in [0.25, 0.3) is 8.32 Å². The molecular formula is C15H22O2Si. The van der Waals surface area contributed by atoms with Gasteiger partial charge in [0.05, 0.1) is 0 Å². The van der Waals surface area contributed by atoms with Gasteiger partial charge in [-0.2, -0.15) is 0 Å². The van der Waals surface area contributed by atoms with Crippen LogP contribution in [0.3, 0.4) is 0 Å². The van der Waals surface area contributed by atoms with E-state index < -0.39 is 8.32 Å². The number of carbonyl (C=O) groups is 1. The Balaban J connectivity index is 4.94. The molecule has 0 aliphatic carbocycles. The lowest BCUT2D eigenvalue weighted by atomic mass is 10.2. The molecule has 0 bridgehead atoms. The van der Waals surface area contributed by atoms with Crippen molar-refractivity contribution in [1.29, 1.82) is 0 Å². The largest absolute Gasteiger partial charge is 0.515 e. The molecular weight excluding hydrogens is 240 g/mol. The summed E-state index contributed by atoms with van der Waals surface area (Å²) in [6.45, 7) is 18.5. The molecule has 98 valence electrons. The highest BCUT2D eigenvalue weighted by atomic mass is 28.4. The molecule has 0 rings (SSSR count). The fourth-order valence-electron chi connectivity index (χ4n) is 1.69. The standard InChI is InChI=1S/C15H22O2Si/c1-6-10-14(5)15(16)17-18(11-7-2,12-8-3)13-9-4/h6-9H,1-5,10-13H2. The number of rotatable bonds is 10. The predicted molar refractivity (Wildman–Crippen MR) is 80.8 cm³/mol. The summed E-state index contributed by atoms with van der Waals surface area (Å²) in [5.41, 5.74) is 0.430. The van der Waals surface area contributed by atoms with Crippen molar-refractivity contribution in [2.24, 2.45) is 0 Å². The van der Waals surface area contributed by atoms with Crippen LogP contribution in [0.4, 0.5) is 0 Å². The molecule has 0 radical (unpaired) electrons. The smallest absolute Gasteiger partial charge is 0.320 e. The fourth-order valence-corrected chi connectivity index (χ4v) is 4.56. The van der Waals surface area contributed by atoms with Gasteiger partial charge in [-0.15, -0.1) is 26.3 Å². The van der Waals surface area contributed by atoms with Crippen LogP contribution in [0.25, 0.3) is 0 Å². The molecule has 0 saturated heterocycles. The third kappa shape index (κ3) is 5.14. The molecule has 0 saturated carbocycles. The number of allylic oxidation sites excluding steroid dienone is 4. The van der Waals surface area contributed by atoms with E-state index in [1.54, 1.807) is 24.3 Å². The van der Waals surface area contributed by atoms with E-state index in [1.807, 2.05) is 0 Å². The maximum absolute atomic E-state index is 11.9. The van der Waals surface area contributed by atoms with Crippen LogP contribution in [0.2, 0.25) is 18.1 Å². The summed E-state index contributed by atoms with van der Waals surface area (Å²) < 4.78 is 5.71. The van der Waals surface area contributed by atoms with Crippen LogP contribution in [0, 0.1) is 0 Å². The molecule has 0 aliphatic heterocycles. The minimum Gasteiger partial charge on any atom is -0.515 e. The molecule has 0 fully saturated rings. The average Bonchev–Trinajstić information content (AvgIpc) is 2.30. The third-order valence-electron chi connectivity index (χ3n) is 2.54. The molecule has 0 aromatic carbocycles. The first kappa shape index (κ1) is 16.4. The van der Waals surface area contributed by atoms with Crippen LogP contribution >= 0.6 is 0 Å². The lowest BCUT2D eigenvalue weighted by Crippen LogP contribution is -2.39. The molecule has 18 heavy (non-hydrogen) atoms. The summed E-state index contributed by atoms with van der Waals surface area (Å²) in [7, 11) is -2.25. The summed E-state index contributed by atoms with van der Waals surface area (Å²) in [6.07, 6.45) is 7.47. The number of carbonyl (C=O) groups excluding carboxylic acids is 1. The van der Waals surface area contributed by atoms with E-state index in [2.05, 4.69) is 32.9 Å². The van der Waals surface area contributed by atoms with Crippen LogP contribution in [-0.4, -0.2) is 14.3 Å². The van der Waals surface area contributed by atoms with E-state index >= 15 is 0 Å². The quantitative estimate of drug-likeness (QED) is 0.335. The van der Waals surface area contributed by atoms with E-state index in [0.717, 1.165) is 0 Å². The average molecular weight is 262 g/mol. The van der Waals surface area contributed by atoms with Crippen molar-refractivity contribution in [3.05, 3.63) is 62.8 Å². The lowest BCUT2D eigenvalue weighted by Gasteiger charge is -2.28. The Morgan fingerprint density at radius 2 is 1.39 bits per heavy atom. The second-order valence-electron chi connectivity index (χ2n) is 4.15. The molecule has 0 spiro atoms. The van der Waals surface area contributed by atoms with Crippen molar-refractivity contribution in [2.45, 2.75) is 24.6 Å². The molecule has 3 heteroatoms. The maximum atomic E-state index is 11.9. The summed E-state index contributed by atoms with van der Waals surface area (Å²) >= 11 is 0. The first-order valence-corrected chi connectivity index (χ1v) is 8.43. The molecule has 0 atom stereocenters. The molecule has 0 aromatic heterocycles. The highest BCUT2D eigenvalue weighted by Crippen LogP contribution is 2.25. The van der Waals surface area contributed by atoms with E-state index in [-0.39, 0.29) is 5.97 Å². The Morgan fingerprint density at radius 1 is 0.944 bits per heavy atom. The van der Waals surface area contributed by atoms with Gasteiger partial charge >= 0.3 is 5.97 Å². The van der Waals surface area contributed by atoms with Gasteiger partial charge in [0.2, 0.25) is 0 Å². The van der Waals surface area contributed by atoms with Gasteiger partial charge < -0.3 is 4.43 Å². The molecule has 0 heterocycles. The van der Waals surface area contributed by atoms with Gasteiger partial charge in [-0.1, -0.05) is 30.9 Å². The summed E-state index contributed by atoms with van der Waals surface area (Å²) in [5, 5.41) is 0. The van der Waals surface area contributed by atoms with Crippen LogP contribution in [0.5, 0.6) is 0 Å². The van der Waals surface area contributed by atoms with Crippen LogP contribution in [0.1, 0.15) is 6.42 Å². The Morgan fingerprint density at radius 3 is 1.72 bits per heavy atom. The van der Waals surface area contributed by atoms with Crippen LogP contribution < -0.4 is 0 Å². The minimum absolute atomic E-state index is 0.341. The van der Waals surface area contributed by atoms with E-state index in [0.29, 0.717) is 30.1 Å². The number of hydrogen-bond donors (Lipinski definition) is 0. The lowest BCUT2D eigenvalue weighted by molar-refractivity contribution is -0.131. The second-order valence-corrected chi connectivity index (χ2v) is 7.94. The van der Waals surface area contributed by atoms with Gasteiger partial charge in [0.15, 0.2) is 0 Å². The van der Waals surface area contributed by atoms with Crippen molar-refractivity contribution >= 4 is 14.3 Å². The van der Waals surface area contributed by atoms with Gasteiger partial charge in [-0.25, -0.2) is 4.79 Å². The number of hydrogen-bond acceptors (Lipinski definition) is 2. The molecule has 2 nitrogen and oxygen atoms in total. The van der Waals surface area contributed by atoms with Crippen molar-refractivity contribution in [2.75, 3.05) is 0 Å². The molecule has 0 unspecified atom stereocenters. The fraction of sp³-hybridized carbons (Fsp3) is 0.267. The topological polar surface area (TPSA) is 26.3 Å². The molecule has 0 aromatic rings. The van der Waals surface area contributed by atoms with Gasteiger partial charge in [-0.3, -0.25) is 0 Å². The van der Waals surface area contributed by atoms with Crippen molar-refractivity contribution in [3.8, 4) is 0 Å². The Hall–Kier alpha value is -1.61. The monoisotopic (exact) mass is 262 g/mol. The zero-order valence-electron chi connectivity index (χ0n) is 11.0. The minimum atomic E-state index is -2.25. The zero-order valence-corrected chi connectivity index (χ0v) is 12.0. The van der Waals surface area contributed by atoms with Crippen LogP contribution in [0.15, 0.2) is 62.8 Å². The Labute approximate surface area is 111 Å². The Bertz CT molecular complexity index is 329. The second kappa shape index (κ2) is 8.47. The highest BCUT2D eigenvalue weighted by molar-refractivity contribution is 6.76. The predicted octanol–water partition coefficient (Wildman–Crippen LogP) is 4.17. The maximum Gasteiger partial charge on any atom is 0.320 e. The summed E-state index contributed by atoms with van der Waals surface area (Å²) in [4.78, 5) is 11.9. The van der Waals surface area contributed by atoms with Crippen molar-refractivity contribution in [3.63, 3.8) is 0 Å². The first-order valence-electron chi connectivity index (χ1n) is 5.90.